The van der Waals surface area contributed by atoms with Crippen molar-refractivity contribution in [2.75, 3.05) is 12.4 Å². The molecule has 0 saturated carbocycles. The lowest BCUT2D eigenvalue weighted by Gasteiger charge is -2.09. The van der Waals surface area contributed by atoms with E-state index in [1.54, 1.807) is 42.7 Å². The maximum atomic E-state index is 11.7. The third-order valence-corrected chi connectivity index (χ3v) is 2.63. The van der Waals surface area contributed by atoms with E-state index in [-0.39, 0.29) is 11.8 Å². The first-order valence-corrected chi connectivity index (χ1v) is 6.00. The average molecular weight is 273 g/mol. The highest BCUT2D eigenvalue weighted by atomic mass is 16.5. The Labute approximate surface area is 116 Å². The Kier molecular flexibility index (Phi) is 4.39. The number of aromatic hydroxyl groups is 1. The smallest absolute Gasteiger partial charge is 0.319 e. The van der Waals surface area contributed by atoms with E-state index in [2.05, 4.69) is 15.6 Å². The molecule has 104 valence electrons. The molecule has 0 saturated heterocycles. The zero-order valence-corrected chi connectivity index (χ0v) is 11.0. The highest BCUT2D eigenvalue weighted by Crippen LogP contribution is 2.25. The van der Waals surface area contributed by atoms with Crippen LogP contribution in [0.3, 0.4) is 0 Å². The topological polar surface area (TPSA) is 83.5 Å². The molecule has 6 heteroatoms. The fourth-order valence-corrected chi connectivity index (χ4v) is 1.64. The highest BCUT2D eigenvalue weighted by molar-refractivity contribution is 5.89. The molecule has 2 aromatic rings. The molecular formula is C14H15N3O3. The van der Waals surface area contributed by atoms with Gasteiger partial charge in [0.25, 0.3) is 0 Å². The summed E-state index contributed by atoms with van der Waals surface area (Å²) in [6.07, 6.45) is 3.19. The number of nitrogens with zero attached hydrogens (tertiary/aromatic N) is 1. The summed E-state index contributed by atoms with van der Waals surface area (Å²) in [4.78, 5) is 15.5. The fourth-order valence-electron chi connectivity index (χ4n) is 1.64. The maximum Gasteiger partial charge on any atom is 0.319 e. The van der Waals surface area contributed by atoms with Crippen molar-refractivity contribution >= 4 is 11.7 Å². The summed E-state index contributed by atoms with van der Waals surface area (Å²) in [6.45, 7) is 0.300. The predicted molar refractivity (Wildman–Crippen MR) is 74.8 cm³/mol. The number of nitrogens with one attached hydrogen (secondary N) is 2. The van der Waals surface area contributed by atoms with Gasteiger partial charge in [0.1, 0.15) is 0 Å². The third-order valence-electron chi connectivity index (χ3n) is 2.63. The van der Waals surface area contributed by atoms with Gasteiger partial charge in [-0.05, 0) is 29.8 Å². The van der Waals surface area contributed by atoms with Crippen molar-refractivity contribution in [2.24, 2.45) is 0 Å². The summed E-state index contributed by atoms with van der Waals surface area (Å²) in [7, 11) is 1.48. The van der Waals surface area contributed by atoms with Gasteiger partial charge in [-0.2, -0.15) is 0 Å². The van der Waals surface area contributed by atoms with Gasteiger partial charge in [-0.25, -0.2) is 4.79 Å². The van der Waals surface area contributed by atoms with E-state index in [9.17, 15) is 9.90 Å². The van der Waals surface area contributed by atoms with Crippen molar-refractivity contribution in [2.45, 2.75) is 6.54 Å². The first-order valence-electron chi connectivity index (χ1n) is 6.00. The van der Waals surface area contributed by atoms with Gasteiger partial charge < -0.3 is 20.5 Å². The van der Waals surface area contributed by atoms with Gasteiger partial charge in [0.05, 0.1) is 7.11 Å². The molecule has 2 amide bonds. The molecular weight excluding hydrogens is 258 g/mol. The number of methoxy groups -OCH3 is 1. The Bertz CT molecular complexity index is 587. The first-order chi connectivity index (χ1) is 9.69. The van der Waals surface area contributed by atoms with Gasteiger partial charge >= 0.3 is 6.03 Å². The number of anilines is 1. The fraction of sp³-hybridized carbons (Fsp3) is 0.143. The minimum absolute atomic E-state index is 0.0429. The number of phenols is 1. The minimum Gasteiger partial charge on any atom is -0.504 e. The molecule has 0 unspecified atom stereocenters. The number of carbonyl (C=O) groups is 1. The number of urea groups is 1. The minimum atomic E-state index is -0.327. The Hall–Kier alpha value is -2.76. The SMILES string of the molecule is COc1ccc(CNC(=O)Nc2ccncc2)cc1O. The molecule has 20 heavy (non-hydrogen) atoms. The Morgan fingerprint density at radius 3 is 2.70 bits per heavy atom. The summed E-state index contributed by atoms with van der Waals surface area (Å²) < 4.78 is 4.95. The van der Waals surface area contributed by atoms with E-state index in [4.69, 9.17) is 4.74 Å². The van der Waals surface area contributed by atoms with Crippen molar-refractivity contribution < 1.29 is 14.6 Å². The molecule has 0 aliphatic rings. The Balaban J connectivity index is 1.89. The van der Waals surface area contributed by atoms with Crippen molar-refractivity contribution in [3.63, 3.8) is 0 Å². The second-order valence-corrected chi connectivity index (χ2v) is 4.05. The lowest BCUT2D eigenvalue weighted by Crippen LogP contribution is -2.28. The average Bonchev–Trinajstić information content (AvgIpc) is 2.46. The number of phenolic OH excluding ortho intramolecular Hbond substituents is 1. The number of ether oxygens (including phenoxy) is 1. The molecule has 0 atom stereocenters. The number of rotatable bonds is 4. The maximum absolute atomic E-state index is 11.7. The van der Waals surface area contributed by atoms with Crippen LogP contribution < -0.4 is 15.4 Å². The van der Waals surface area contributed by atoms with Gasteiger partial charge in [-0.15, -0.1) is 0 Å². The quantitative estimate of drug-likeness (QED) is 0.796. The van der Waals surface area contributed by atoms with Gasteiger partial charge in [-0.1, -0.05) is 6.07 Å². The van der Waals surface area contributed by atoms with E-state index in [1.165, 1.54) is 7.11 Å². The largest absolute Gasteiger partial charge is 0.504 e. The second-order valence-electron chi connectivity index (χ2n) is 4.05. The number of aromatic nitrogens is 1. The molecule has 0 aliphatic heterocycles. The second kappa shape index (κ2) is 6.42. The van der Waals surface area contributed by atoms with Crippen LogP contribution in [0.4, 0.5) is 10.5 Å². The number of hydrogen-bond donors (Lipinski definition) is 3. The lowest BCUT2D eigenvalue weighted by molar-refractivity contribution is 0.251. The number of benzene rings is 1. The van der Waals surface area contributed by atoms with Gasteiger partial charge in [0, 0.05) is 24.6 Å². The zero-order chi connectivity index (χ0) is 14.4. The number of carbonyl (C=O) groups excluding carboxylic acids is 1. The Morgan fingerprint density at radius 2 is 2.05 bits per heavy atom. The van der Waals surface area contributed by atoms with Crippen LogP contribution in [0.15, 0.2) is 42.7 Å². The molecule has 0 fully saturated rings. The van der Waals surface area contributed by atoms with Crippen molar-refractivity contribution in [1.82, 2.24) is 10.3 Å². The van der Waals surface area contributed by atoms with E-state index >= 15 is 0 Å². The van der Waals surface area contributed by atoms with E-state index in [1.807, 2.05) is 0 Å². The molecule has 0 aliphatic carbocycles. The van der Waals surface area contributed by atoms with E-state index in [0.717, 1.165) is 5.56 Å². The summed E-state index contributed by atoms with van der Waals surface area (Å²) in [5, 5.41) is 15.0. The monoisotopic (exact) mass is 273 g/mol. The summed E-state index contributed by atoms with van der Waals surface area (Å²) in [6, 6.07) is 8.02. The van der Waals surface area contributed by atoms with Crippen LogP contribution in [0.2, 0.25) is 0 Å². The summed E-state index contributed by atoms with van der Waals surface area (Å²) >= 11 is 0. The molecule has 2 rings (SSSR count). The molecule has 6 nitrogen and oxygen atoms in total. The predicted octanol–water partition coefficient (Wildman–Crippen LogP) is 2.12. The molecule has 1 aromatic heterocycles. The van der Waals surface area contributed by atoms with Crippen LogP contribution >= 0.6 is 0 Å². The third kappa shape index (κ3) is 3.61. The van der Waals surface area contributed by atoms with Crippen LogP contribution in [0.25, 0.3) is 0 Å². The molecule has 3 N–H and O–H groups in total. The van der Waals surface area contributed by atoms with E-state index < -0.39 is 0 Å². The standard InChI is InChI=1S/C14H15N3O3/c1-20-13-3-2-10(8-12(13)18)9-16-14(19)17-11-4-6-15-7-5-11/h2-8,18H,9H2,1H3,(H2,15,16,17,19). The van der Waals surface area contributed by atoms with Crippen LogP contribution in [0.5, 0.6) is 11.5 Å². The normalized spacial score (nSPS) is 9.85. The van der Waals surface area contributed by atoms with E-state index in [0.29, 0.717) is 18.0 Å². The van der Waals surface area contributed by atoms with Crippen LogP contribution in [0, 0.1) is 0 Å². The van der Waals surface area contributed by atoms with Crippen LogP contribution in [-0.2, 0) is 6.54 Å². The lowest BCUT2D eigenvalue weighted by atomic mass is 10.2. The zero-order valence-electron chi connectivity index (χ0n) is 11.0. The molecule has 0 bridgehead atoms. The Morgan fingerprint density at radius 1 is 1.30 bits per heavy atom. The molecule has 0 radical (unpaired) electrons. The van der Waals surface area contributed by atoms with Crippen molar-refractivity contribution in [3.05, 3.63) is 48.3 Å². The molecule has 1 heterocycles. The van der Waals surface area contributed by atoms with Crippen LogP contribution in [0.1, 0.15) is 5.56 Å². The van der Waals surface area contributed by atoms with Gasteiger partial charge in [-0.3, -0.25) is 4.98 Å². The van der Waals surface area contributed by atoms with Gasteiger partial charge in [0.2, 0.25) is 0 Å². The van der Waals surface area contributed by atoms with Crippen molar-refractivity contribution in [3.8, 4) is 11.5 Å². The summed E-state index contributed by atoms with van der Waals surface area (Å²) in [5.41, 5.74) is 1.43. The van der Waals surface area contributed by atoms with Crippen LogP contribution in [-0.4, -0.2) is 23.2 Å². The summed E-state index contributed by atoms with van der Waals surface area (Å²) in [5.74, 6) is 0.441. The molecule has 1 aromatic carbocycles. The number of amides is 2. The van der Waals surface area contributed by atoms with Gasteiger partial charge in [0.15, 0.2) is 11.5 Å². The number of hydrogen-bond acceptors (Lipinski definition) is 4. The first kappa shape index (κ1) is 13.7. The number of pyridine rings is 1. The molecule has 0 spiro atoms. The highest BCUT2D eigenvalue weighted by Gasteiger charge is 2.04. The van der Waals surface area contributed by atoms with Crippen molar-refractivity contribution in [1.29, 1.82) is 0 Å².